The number of fused-ring (bicyclic) bond motifs is 2. The number of piperidine rings is 1. The van der Waals surface area contributed by atoms with Crippen molar-refractivity contribution in [2.45, 2.75) is 32.9 Å². The van der Waals surface area contributed by atoms with Crippen LogP contribution in [-0.4, -0.2) is 28.8 Å². The number of nitrogens with zero attached hydrogens (tertiary/aromatic N) is 2. The molecule has 1 saturated heterocycles. The van der Waals surface area contributed by atoms with Crippen LogP contribution < -0.4 is 10.6 Å². The fourth-order valence-electron chi connectivity index (χ4n) is 4.09. The molecule has 1 aromatic heterocycles. The van der Waals surface area contributed by atoms with Crippen LogP contribution in [0.5, 0.6) is 0 Å². The summed E-state index contributed by atoms with van der Waals surface area (Å²) < 4.78 is 2.01. The van der Waals surface area contributed by atoms with Crippen LogP contribution in [0.3, 0.4) is 0 Å². The normalized spacial score (nSPS) is 26.3. The number of aryl methyl sites for hydroxylation is 1. The Morgan fingerprint density at radius 1 is 1.35 bits per heavy atom. The summed E-state index contributed by atoms with van der Waals surface area (Å²) in [4.78, 5) is 12.6. The van der Waals surface area contributed by atoms with Gasteiger partial charge in [0.15, 0.2) is 0 Å². The predicted molar refractivity (Wildman–Crippen MR) is 89.9 cm³/mol. The van der Waals surface area contributed by atoms with E-state index >= 15 is 0 Å². The molecule has 2 fully saturated rings. The zero-order valence-corrected chi connectivity index (χ0v) is 14.0. The lowest BCUT2D eigenvalue weighted by molar-refractivity contribution is -0.124. The Balaban J connectivity index is 1.62. The Labute approximate surface area is 136 Å². The molecule has 1 aliphatic carbocycles. The lowest BCUT2D eigenvalue weighted by atomic mass is 9.96. The van der Waals surface area contributed by atoms with E-state index in [0.717, 1.165) is 36.2 Å². The van der Waals surface area contributed by atoms with Gasteiger partial charge in [0.25, 0.3) is 0 Å². The molecular formula is C18H24N4O. The maximum atomic E-state index is 12.6. The van der Waals surface area contributed by atoms with Gasteiger partial charge in [-0.05, 0) is 51.8 Å². The minimum atomic E-state index is -0.471. The van der Waals surface area contributed by atoms with Gasteiger partial charge in [-0.25, -0.2) is 0 Å². The summed E-state index contributed by atoms with van der Waals surface area (Å²) in [5.41, 5.74) is 1.61. The molecule has 2 N–H and O–H groups in total. The Hall–Kier alpha value is -1.88. The summed E-state index contributed by atoms with van der Waals surface area (Å²) in [5.74, 6) is 1.45. The second kappa shape index (κ2) is 5.06. The number of carbonyl (C=O) groups excluding carboxylic acids is 1. The number of carbonyl (C=O) groups is 1. The number of para-hydroxylation sites is 1. The molecule has 5 heteroatoms. The highest BCUT2D eigenvalue weighted by Gasteiger charge is 2.57. The fourth-order valence-corrected chi connectivity index (χ4v) is 4.09. The third-order valence-corrected chi connectivity index (χ3v) is 5.38. The van der Waals surface area contributed by atoms with Gasteiger partial charge in [-0.3, -0.25) is 9.48 Å². The van der Waals surface area contributed by atoms with E-state index < -0.39 is 5.54 Å². The Kier molecular flexibility index (Phi) is 3.23. The molecule has 0 bridgehead atoms. The first-order valence-corrected chi connectivity index (χ1v) is 8.51. The van der Waals surface area contributed by atoms with Crippen molar-refractivity contribution in [1.82, 2.24) is 20.4 Å². The zero-order valence-electron chi connectivity index (χ0n) is 14.0. The molecule has 2 aliphatic rings. The van der Waals surface area contributed by atoms with Crippen molar-refractivity contribution in [2.75, 3.05) is 13.1 Å². The van der Waals surface area contributed by atoms with Crippen LogP contribution in [0.1, 0.15) is 26.5 Å². The third kappa shape index (κ3) is 2.26. The molecule has 1 aromatic carbocycles. The molecule has 3 atom stereocenters. The summed E-state index contributed by atoms with van der Waals surface area (Å²) >= 11 is 0. The molecule has 5 nitrogen and oxygen atoms in total. The topological polar surface area (TPSA) is 59.0 Å². The highest BCUT2D eigenvalue weighted by Crippen LogP contribution is 2.49. The number of rotatable bonds is 4. The van der Waals surface area contributed by atoms with Crippen molar-refractivity contribution in [3.8, 4) is 0 Å². The monoisotopic (exact) mass is 312 g/mol. The lowest BCUT2D eigenvalue weighted by Crippen LogP contribution is -2.43. The number of hydrogen-bond donors (Lipinski definition) is 2. The average molecular weight is 312 g/mol. The molecule has 122 valence electrons. The maximum Gasteiger partial charge on any atom is 0.224 e. The largest absolute Gasteiger partial charge is 0.345 e. The van der Waals surface area contributed by atoms with Gasteiger partial charge >= 0.3 is 0 Å². The first-order chi connectivity index (χ1) is 11.0. The van der Waals surface area contributed by atoms with Crippen LogP contribution in [0.4, 0.5) is 0 Å². The van der Waals surface area contributed by atoms with E-state index in [0.29, 0.717) is 11.8 Å². The number of hydrogen-bond acceptors (Lipinski definition) is 3. The molecular weight excluding hydrogens is 288 g/mol. The van der Waals surface area contributed by atoms with Crippen molar-refractivity contribution in [3.05, 3.63) is 30.0 Å². The van der Waals surface area contributed by atoms with Gasteiger partial charge in [0.1, 0.15) is 0 Å². The van der Waals surface area contributed by atoms with Gasteiger partial charge in [0.05, 0.1) is 16.7 Å². The predicted octanol–water partition coefficient (Wildman–Crippen LogP) is 1.87. The van der Waals surface area contributed by atoms with Crippen molar-refractivity contribution in [3.63, 3.8) is 0 Å². The molecule has 1 saturated carbocycles. The van der Waals surface area contributed by atoms with Crippen LogP contribution in [0.25, 0.3) is 10.9 Å². The Bertz CT molecular complexity index is 753. The highest BCUT2D eigenvalue weighted by atomic mass is 16.2. The van der Waals surface area contributed by atoms with Crippen molar-refractivity contribution < 1.29 is 4.79 Å². The van der Waals surface area contributed by atoms with Gasteiger partial charge in [-0.15, -0.1) is 0 Å². The van der Waals surface area contributed by atoms with E-state index in [9.17, 15) is 4.79 Å². The minimum Gasteiger partial charge on any atom is -0.345 e. The first kappa shape index (κ1) is 14.7. The van der Waals surface area contributed by atoms with Crippen molar-refractivity contribution >= 4 is 16.8 Å². The summed E-state index contributed by atoms with van der Waals surface area (Å²) in [7, 11) is 0. The van der Waals surface area contributed by atoms with E-state index in [1.54, 1.807) is 0 Å². The number of benzene rings is 1. The zero-order chi connectivity index (χ0) is 16.2. The first-order valence-electron chi connectivity index (χ1n) is 8.51. The van der Waals surface area contributed by atoms with Gasteiger partial charge < -0.3 is 10.6 Å². The van der Waals surface area contributed by atoms with E-state index in [1.807, 2.05) is 16.8 Å². The smallest absolute Gasteiger partial charge is 0.224 e. The summed E-state index contributed by atoms with van der Waals surface area (Å²) in [5, 5.41) is 12.5. The average Bonchev–Trinajstić information content (AvgIpc) is 2.87. The standard InChI is InChI=1S/C18H24N4O/c1-4-22-14-8-6-5-7-11(14)16(21-22)18(2,3)20-17(23)15-12-9-19-10-13(12)15/h5-8,12-13,15,19H,4,9-10H2,1-3H3,(H,20,23)/t12-,13+,15+. The number of amides is 1. The van der Waals surface area contributed by atoms with Crippen LogP contribution >= 0.6 is 0 Å². The van der Waals surface area contributed by atoms with Crippen LogP contribution in [0.2, 0.25) is 0 Å². The van der Waals surface area contributed by atoms with Crippen LogP contribution in [-0.2, 0) is 16.9 Å². The Morgan fingerprint density at radius 3 is 2.74 bits per heavy atom. The molecule has 2 heterocycles. The molecule has 4 rings (SSSR count). The second-order valence-electron chi connectivity index (χ2n) is 7.31. The van der Waals surface area contributed by atoms with Crippen LogP contribution in [0, 0.1) is 17.8 Å². The summed E-state index contributed by atoms with van der Waals surface area (Å²) in [6.07, 6.45) is 0. The highest BCUT2D eigenvalue weighted by molar-refractivity contribution is 5.86. The van der Waals surface area contributed by atoms with Crippen molar-refractivity contribution in [2.24, 2.45) is 17.8 Å². The second-order valence-corrected chi connectivity index (χ2v) is 7.31. The van der Waals surface area contributed by atoms with Crippen LogP contribution in [0.15, 0.2) is 24.3 Å². The van der Waals surface area contributed by atoms with Crippen molar-refractivity contribution in [1.29, 1.82) is 0 Å². The molecule has 2 aromatic rings. The fraction of sp³-hybridized carbons (Fsp3) is 0.556. The molecule has 0 unspecified atom stereocenters. The summed E-state index contributed by atoms with van der Waals surface area (Å²) in [6, 6.07) is 8.24. The summed E-state index contributed by atoms with van der Waals surface area (Å²) in [6.45, 7) is 8.98. The number of aromatic nitrogens is 2. The third-order valence-electron chi connectivity index (χ3n) is 5.38. The molecule has 0 radical (unpaired) electrons. The molecule has 0 spiro atoms. The maximum absolute atomic E-state index is 12.6. The lowest BCUT2D eigenvalue weighted by Gasteiger charge is -2.25. The van der Waals surface area contributed by atoms with E-state index in [1.165, 1.54) is 0 Å². The van der Waals surface area contributed by atoms with E-state index in [4.69, 9.17) is 5.10 Å². The quantitative estimate of drug-likeness (QED) is 0.906. The number of nitrogens with one attached hydrogen (secondary N) is 2. The Morgan fingerprint density at radius 2 is 2.04 bits per heavy atom. The molecule has 23 heavy (non-hydrogen) atoms. The van der Waals surface area contributed by atoms with Gasteiger partial charge in [-0.2, -0.15) is 5.10 Å². The van der Waals surface area contributed by atoms with E-state index in [2.05, 4.69) is 43.5 Å². The molecule has 1 amide bonds. The van der Waals surface area contributed by atoms with Gasteiger partial charge in [0, 0.05) is 17.8 Å². The van der Waals surface area contributed by atoms with Gasteiger partial charge in [-0.1, -0.05) is 18.2 Å². The SMILES string of the molecule is CCn1nc(C(C)(C)NC(=O)[C@H]2[C@@H]3CNC[C@@H]32)c2ccccc21. The minimum absolute atomic E-state index is 0.182. The van der Waals surface area contributed by atoms with Gasteiger partial charge in [0.2, 0.25) is 5.91 Å². The molecule has 1 aliphatic heterocycles. The van der Waals surface area contributed by atoms with E-state index in [-0.39, 0.29) is 11.8 Å².